The van der Waals surface area contributed by atoms with Crippen LogP contribution in [-0.4, -0.2) is 29.1 Å². The fraction of sp³-hybridized carbons (Fsp3) is 0.136. The van der Waals surface area contributed by atoms with Crippen LogP contribution in [0.25, 0.3) is 5.76 Å². The average Bonchev–Trinajstić information content (AvgIpc) is 3.30. The first-order valence-electron chi connectivity index (χ1n) is 9.15. The smallest absolute Gasteiger partial charge is 0.301 e. The summed E-state index contributed by atoms with van der Waals surface area (Å²) in [6.07, 6.45) is 0. The molecule has 0 unspecified atom stereocenters. The van der Waals surface area contributed by atoms with Crippen LogP contribution < -0.4 is 9.64 Å². The van der Waals surface area contributed by atoms with E-state index in [0.717, 1.165) is 0 Å². The maximum Gasteiger partial charge on any atom is 0.301 e. The fourth-order valence-corrected chi connectivity index (χ4v) is 3.74. The number of hydrogen-bond donors (Lipinski definition) is 1. The molecular weight excluding hydrogens is 443 g/mol. The number of hydrogen-bond acceptors (Lipinski definition) is 6. The predicted octanol–water partition coefficient (Wildman–Crippen LogP) is 4.92. The minimum Gasteiger partial charge on any atom is -0.507 e. The highest BCUT2D eigenvalue weighted by atomic mass is 35.5. The number of aliphatic hydroxyl groups is 1. The van der Waals surface area contributed by atoms with Gasteiger partial charge in [0.25, 0.3) is 5.78 Å². The van der Waals surface area contributed by atoms with Crippen LogP contribution >= 0.6 is 23.2 Å². The normalized spacial score (nSPS) is 17.9. The van der Waals surface area contributed by atoms with Crippen LogP contribution in [0, 0.1) is 6.92 Å². The number of ketones is 1. The quantitative estimate of drug-likeness (QED) is 0.338. The summed E-state index contributed by atoms with van der Waals surface area (Å²) >= 11 is 12.2. The number of ether oxygens (including phenoxy) is 1. The number of benzene rings is 2. The van der Waals surface area contributed by atoms with Gasteiger partial charge in [-0.05, 0) is 48.9 Å². The van der Waals surface area contributed by atoms with E-state index in [9.17, 15) is 14.7 Å². The molecule has 31 heavy (non-hydrogen) atoms. The second-order valence-electron chi connectivity index (χ2n) is 6.87. The minimum absolute atomic E-state index is 0.103. The fourth-order valence-electron chi connectivity index (χ4n) is 3.44. The Bertz CT molecular complexity index is 1220. The Hall–Kier alpha value is -3.29. The number of methoxy groups -OCH3 is 1. The van der Waals surface area contributed by atoms with Crippen molar-refractivity contribution in [1.82, 2.24) is 5.16 Å². The van der Waals surface area contributed by atoms with Gasteiger partial charge in [-0.15, -0.1) is 0 Å². The van der Waals surface area contributed by atoms with Crippen molar-refractivity contribution < 1.29 is 24.0 Å². The number of aliphatic hydroxyl groups excluding tert-OH is 1. The van der Waals surface area contributed by atoms with E-state index in [1.807, 2.05) is 0 Å². The zero-order valence-electron chi connectivity index (χ0n) is 16.4. The van der Waals surface area contributed by atoms with Gasteiger partial charge in [0.05, 0.1) is 28.8 Å². The van der Waals surface area contributed by atoms with Crippen molar-refractivity contribution >= 4 is 46.5 Å². The molecule has 7 nitrogen and oxygen atoms in total. The third kappa shape index (κ3) is 3.66. The summed E-state index contributed by atoms with van der Waals surface area (Å²) in [6.45, 7) is 1.67. The molecule has 0 aliphatic carbocycles. The summed E-state index contributed by atoms with van der Waals surface area (Å²) in [5.41, 5.74) is 0.721. The molecule has 1 amide bonds. The van der Waals surface area contributed by atoms with Crippen LogP contribution in [0.5, 0.6) is 5.75 Å². The molecule has 3 aromatic rings. The van der Waals surface area contributed by atoms with Gasteiger partial charge in [0, 0.05) is 11.6 Å². The first-order chi connectivity index (χ1) is 14.8. The molecule has 1 aromatic heterocycles. The van der Waals surface area contributed by atoms with Crippen molar-refractivity contribution in [2.45, 2.75) is 13.0 Å². The number of aryl methyl sites for hydroxylation is 1. The van der Waals surface area contributed by atoms with Crippen LogP contribution in [0.3, 0.4) is 0 Å². The van der Waals surface area contributed by atoms with E-state index >= 15 is 0 Å². The first-order valence-corrected chi connectivity index (χ1v) is 9.91. The maximum atomic E-state index is 13.0. The zero-order valence-corrected chi connectivity index (χ0v) is 17.9. The van der Waals surface area contributed by atoms with Gasteiger partial charge < -0.3 is 14.4 Å². The second-order valence-corrected chi connectivity index (χ2v) is 7.68. The molecule has 0 radical (unpaired) electrons. The molecule has 1 saturated heterocycles. The van der Waals surface area contributed by atoms with Crippen LogP contribution in [-0.2, 0) is 9.59 Å². The van der Waals surface area contributed by atoms with Crippen molar-refractivity contribution in [3.63, 3.8) is 0 Å². The van der Waals surface area contributed by atoms with Crippen LogP contribution in [0.1, 0.15) is 22.9 Å². The number of Topliss-reactive ketones (excluding diaryl/α,β-unsaturated/α-hetero) is 1. The lowest BCUT2D eigenvalue weighted by Gasteiger charge is -2.23. The maximum absolute atomic E-state index is 13.0. The van der Waals surface area contributed by atoms with Crippen molar-refractivity contribution in [3.05, 3.63) is 81.0 Å². The summed E-state index contributed by atoms with van der Waals surface area (Å²) in [5, 5.41) is 15.5. The molecule has 1 atom stereocenters. The highest BCUT2D eigenvalue weighted by Gasteiger charge is 2.48. The lowest BCUT2D eigenvalue weighted by atomic mass is 9.95. The van der Waals surface area contributed by atoms with Gasteiger partial charge in [-0.1, -0.05) is 34.4 Å². The van der Waals surface area contributed by atoms with Gasteiger partial charge >= 0.3 is 5.91 Å². The Morgan fingerprint density at radius 1 is 1.10 bits per heavy atom. The van der Waals surface area contributed by atoms with Gasteiger partial charge in [0.2, 0.25) is 0 Å². The Morgan fingerprint density at radius 2 is 1.81 bits per heavy atom. The third-order valence-electron chi connectivity index (χ3n) is 4.93. The zero-order chi connectivity index (χ0) is 22.3. The summed E-state index contributed by atoms with van der Waals surface area (Å²) in [7, 11) is 1.52. The van der Waals surface area contributed by atoms with E-state index in [1.165, 1.54) is 18.1 Å². The third-order valence-corrected chi connectivity index (χ3v) is 5.67. The van der Waals surface area contributed by atoms with Gasteiger partial charge in [0.15, 0.2) is 5.82 Å². The first kappa shape index (κ1) is 21.0. The monoisotopic (exact) mass is 458 g/mol. The molecule has 0 bridgehead atoms. The number of halogens is 2. The molecule has 4 rings (SSSR count). The number of rotatable bonds is 4. The average molecular weight is 459 g/mol. The van der Waals surface area contributed by atoms with Crippen molar-refractivity contribution in [2.24, 2.45) is 0 Å². The lowest BCUT2D eigenvalue weighted by Crippen LogP contribution is -2.29. The number of carbonyl (C=O) groups is 2. The van der Waals surface area contributed by atoms with Crippen molar-refractivity contribution in [3.8, 4) is 5.75 Å². The number of nitrogens with zero attached hydrogens (tertiary/aromatic N) is 2. The molecule has 1 aliphatic heterocycles. The van der Waals surface area contributed by atoms with E-state index in [0.29, 0.717) is 27.7 Å². The number of carbonyl (C=O) groups excluding carboxylic acids is 2. The van der Waals surface area contributed by atoms with Gasteiger partial charge in [-0.2, -0.15) is 0 Å². The van der Waals surface area contributed by atoms with Crippen molar-refractivity contribution in [2.75, 3.05) is 12.0 Å². The largest absolute Gasteiger partial charge is 0.507 e. The number of aromatic nitrogens is 1. The summed E-state index contributed by atoms with van der Waals surface area (Å²) in [6, 6.07) is 11.7. The Morgan fingerprint density at radius 3 is 2.39 bits per heavy atom. The Kier molecular flexibility index (Phi) is 5.47. The van der Waals surface area contributed by atoms with E-state index in [4.69, 9.17) is 32.5 Å². The molecule has 1 fully saturated rings. The van der Waals surface area contributed by atoms with E-state index in [2.05, 4.69) is 5.16 Å². The standard InChI is InChI=1S/C22H16Cl2N2O5/c1-11-9-17(25-31-11)26-19(13-5-8-15(23)16(24)10-13)18(21(28)22(26)29)20(27)12-3-6-14(30-2)7-4-12/h3-10,19,27H,1-2H3/t19-/m0/s1. The molecule has 0 spiro atoms. The Labute approximate surface area is 187 Å². The second kappa shape index (κ2) is 8.09. The molecule has 2 aromatic carbocycles. The lowest BCUT2D eigenvalue weighted by molar-refractivity contribution is -0.132. The van der Waals surface area contributed by atoms with Crippen molar-refractivity contribution in [1.29, 1.82) is 0 Å². The van der Waals surface area contributed by atoms with Crippen LogP contribution in [0.2, 0.25) is 10.0 Å². The van der Waals surface area contributed by atoms with Gasteiger partial charge in [-0.3, -0.25) is 14.5 Å². The molecular formula is C22H16Cl2N2O5. The molecule has 1 N–H and O–H groups in total. The highest BCUT2D eigenvalue weighted by molar-refractivity contribution is 6.51. The molecule has 9 heteroatoms. The molecule has 158 valence electrons. The van der Waals surface area contributed by atoms with E-state index in [1.54, 1.807) is 49.4 Å². The predicted molar refractivity (Wildman–Crippen MR) is 115 cm³/mol. The summed E-state index contributed by atoms with van der Waals surface area (Å²) in [5.74, 6) is -0.857. The number of amides is 1. The summed E-state index contributed by atoms with van der Waals surface area (Å²) < 4.78 is 10.2. The molecule has 0 saturated carbocycles. The molecule has 2 heterocycles. The Balaban J connectivity index is 1.93. The van der Waals surface area contributed by atoms with E-state index < -0.39 is 17.7 Å². The SMILES string of the molecule is COc1ccc(C(O)=C2C(=O)C(=O)N(c3cc(C)on3)[C@H]2c2ccc(Cl)c(Cl)c2)cc1. The molecule has 1 aliphatic rings. The summed E-state index contributed by atoms with van der Waals surface area (Å²) in [4.78, 5) is 27.2. The van der Waals surface area contributed by atoms with Gasteiger partial charge in [-0.25, -0.2) is 0 Å². The van der Waals surface area contributed by atoms with Crippen LogP contribution in [0.4, 0.5) is 5.82 Å². The highest BCUT2D eigenvalue weighted by Crippen LogP contribution is 2.43. The topological polar surface area (TPSA) is 92.9 Å². The minimum atomic E-state index is -0.985. The van der Waals surface area contributed by atoms with E-state index in [-0.39, 0.29) is 22.2 Å². The van der Waals surface area contributed by atoms with Crippen LogP contribution in [0.15, 0.2) is 58.6 Å². The van der Waals surface area contributed by atoms with Gasteiger partial charge in [0.1, 0.15) is 17.3 Å². The number of anilines is 1.